The van der Waals surface area contributed by atoms with Gasteiger partial charge in [-0.3, -0.25) is 0 Å². The van der Waals surface area contributed by atoms with Gasteiger partial charge in [-0.15, -0.1) is 0 Å². The van der Waals surface area contributed by atoms with E-state index in [1.807, 2.05) is 6.07 Å². The lowest BCUT2D eigenvalue weighted by atomic mass is 9.75. The summed E-state index contributed by atoms with van der Waals surface area (Å²) in [6.45, 7) is 0.666. The summed E-state index contributed by atoms with van der Waals surface area (Å²) >= 11 is 3.42. The van der Waals surface area contributed by atoms with Gasteiger partial charge in [-0.25, -0.2) is 4.39 Å². The van der Waals surface area contributed by atoms with Gasteiger partial charge in [-0.1, -0.05) is 41.6 Å². The average molecular weight is 314 g/mol. The maximum absolute atomic E-state index is 13.9. The Bertz CT molecular complexity index is 397. The summed E-state index contributed by atoms with van der Waals surface area (Å²) in [6.07, 6.45) is 8.09. The second-order valence-corrected chi connectivity index (χ2v) is 6.45. The molecule has 0 atom stereocenters. The molecule has 0 radical (unpaired) electrons. The van der Waals surface area contributed by atoms with Gasteiger partial charge in [0.1, 0.15) is 5.82 Å². The molecule has 0 spiro atoms. The van der Waals surface area contributed by atoms with Crippen LogP contribution in [0.5, 0.6) is 0 Å². The van der Waals surface area contributed by atoms with Crippen molar-refractivity contribution in [1.29, 1.82) is 0 Å². The van der Waals surface area contributed by atoms with Crippen LogP contribution in [0, 0.1) is 11.2 Å². The molecule has 1 saturated carbocycles. The minimum absolute atomic E-state index is 0.102. The van der Waals surface area contributed by atoms with Crippen LogP contribution in [0.3, 0.4) is 0 Å². The van der Waals surface area contributed by atoms with Crippen LogP contribution in [0.4, 0.5) is 4.39 Å². The maximum atomic E-state index is 13.9. The standard InChI is InChI=1S/C15H21BrFN/c16-13-5-6-14(17)12(9-13)10-15(11-18)7-3-1-2-4-8-15/h5-6,9H,1-4,7-8,10-11,18H2. The molecule has 100 valence electrons. The Morgan fingerprint density at radius 1 is 1.17 bits per heavy atom. The van der Waals surface area contributed by atoms with Gasteiger partial charge in [0.15, 0.2) is 0 Å². The van der Waals surface area contributed by atoms with Crippen molar-refractivity contribution in [1.82, 2.24) is 0 Å². The van der Waals surface area contributed by atoms with Crippen LogP contribution >= 0.6 is 15.9 Å². The van der Waals surface area contributed by atoms with Crippen LogP contribution in [-0.4, -0.2) is 6.54 Å². The SMILES string of the molecule is NCC1(Cc2cc(Br)ccc2F)CCCCCC1. The quantitative estimate of drug-likeness (QED) is 0.821. The molecule has 0 bridgehead atoms. The molecule has 3 heteroatoms. The Morgan fingerprint density at radius 2 is 1.83 bits per heavy atom. The third-order valence-corrected chi connectivity index (χ3v) is 4.66. The Labute approximate surface area is 117 Å². The molecule has 1 aromatic carbocycles. The Hall–Kier alpha value is -0.410. The van der Waals surface area contributed by atoms with Gasteiger partial charge in [-0.05, 0) is 55.0 Å². The summed E-state index contributed by atoms with van der Waals surface area (Å²) in [6, 6.07) is 5.19. The molecule has 0 heterocycles. The molecule has 0 amide bonds. The molecule has 1 aliphatic rings. The maximum Gasteiger partial charge on any atom is 0.126 e. The van der Waals surface area contributed by atoms with E-state index in [1.165, 1.54) is 25.7 Å². The monoisotopic (exact) mass is 313 g/mol. The van der Waals surface area contributed by atoms with E-state index in [2.05, 4.69) is 15.9 Å². The van der Waals surface area contributed by atoms with E-state index in [4.69, 9.17) is 5.73 Å². The summed E-state index contributed by atoms with van der Waals surface area (Å²) in [5.41, 5.74) is 6.92. The zero-order valence-corrected chi connectivity index (χ0v) is 12.3. The second-order valence-electron chi connectivity index (χ2n) is 5.53. The van der Waals surface area contributed by atoms with Crippen molar-refractivity contribution >= 4 is 15.9 Å². The summed E-state index contributed by atoms with van der Waals surface area (Å²) in [7, 11) is 0. The van der Waals surface area contributed by atoms with Gasteiger partial charge in [0.05, 0.1) is 0 Å². The lowest BCUT2D eigenvalue weighted by Crippen LogP contribution is -2.32. The van der Waals surface area contributed by atoms with Gasteiger partial charge >= 0.3 is 0 Å². The fourth-order valence-electron chi connectivity index (χ4n) is 3.01. The van der Waals surface area contributed by atoms with Gasteiger partial charge in [-0.2, -0.15) is 0 Å². The van der Waals surface area contributed by atoms with E-state index in [-0.39, 0.29) is 11.2 Å². The first-order valence-electron chi connectivity index (χ1n) is 6.79. The van der Waals surface area contributed by atoms with E-state index in [0.717, 1.165) is 29.3 Å². The molecule has 1 fully saturated rings. The molecule has 0 aliphatic heterocycles. The normalized spacial score (nSPS) is 19.5. The molecule has 0 saturated heterocycles. The van der Waals surface area contributed by atoms with Crippen molar-refractivity contribution in [2.45, 2.75) is 44.9 Å². The Kier molecular flexibility index (Phi) is 4.79. The first-order chi connectivity index (χ1) is 8.65. The largest absolute Gasteiger partial charge is 0.330 e. The van der Waals surface area contributed by atoms with Crippen LogP contribution < -0.4 is 5.73 Å². The van der Waals surface area contributed by atoms with Gasteiger partial charge in [0.25, 0.3) is 0 Å². The summed E-state index contributed by atoms with van der Waals surface area (Å²) in [4.78, 5) is 0. The van der Waals surface area contributed by atoms with Crippen LogP contribution in [0.15, 0.2) is 22.7 Å². The highest BCUT2D eigenvalue weighted by atomic mass is 79.9. The Balaban J connectivity index is 2.20. The zero-order chi connectivity index (χ0) is 13.0. The van der Waals surface area contributed by atoms with Crippen molar-refractivity contribution in [3.8, 4) is 0 Å². The van der Waals surface area contributed by atoms with Crippen LogP contribution in [0.25, 0.3) is 0 Å². The molecule has 1 nitrogen and oxygen atoms in total. The van der Waals surface area contributed by atoms with Crippen molar-refractivity contribution in [2.75, 3.05) is 6.54 Å². The average Bonchev–Trinajstić information content (AvgIpc) is 2.60. The molecule has 2 N–H and O–H groups in total. The number of hydrogen-bond acceptors (Lipinski definition) is 1. The molecule has 0 unspecified atom stereocenters. The number of hydrogen-bond donors (Lipinski definition) is 1. The first-order valence-corrected chi connectivity index (χ1v) is 7.59. The predicted octanol–water partition coefficient (Wildman–Crippen LogP) is 4.43. The van der Waals surface area contributed by atoms with Crippen molar-refractivity contribution < 1.29 is 4.39 Å². The van der Waals surface area contributed by atoms with Gasteiger partial charge in [0, 0.05) is 4.47 Å². The van der Waals surface area contributed by atoms with Gasteiger partial charge < -0.3 is 5.73 Å². The predicted molar refractivity (Wildman–Crippen MR) is 77.0 cm³/mol. The third kappa shape index (κ3) is 3.33. The molecule has 18 heavy (non-hydrogen) atoms. The van der Waals surface area contributed by atoms with Crippen molar-refractivity contribution in [3.05, 3.63) is 34.1 Å². The minimum Gasteiger partial charge on any atom is -0.330 e. The highest BCUT2D eigenvalue weighted by Crippen LogP contribution is 2.38. The highest BCUT2D eigenvalue weighted by molar-refractivity contribution is 9.10. The van der Waals surface area contributed by atoms with E-state index in [0.29, 0.717) is 6.54 Å². The van der Waals surface area contributed by atoms with Crippen LogP contribution in [0.1, 0.15) is 44.1 Å². The fraction of sp³-hybridized carbons (Fsp3) is 0.600. The lowest BCUT2D eigenvalue weighted by Gasteiger charge is -2.31. The highest BCUT2D eigenvalue weighted by Gasteiger charge is 2.30. The van der Waals surface area contributed by atoms with E-state index in [9.17, 15) is 4.39 Å². The van der Waals surface area contributed by atoms with E-state index < -0.39 is 0 Å². The lowest BCUT2D eigenvalue weighted by molar-refractivity contribution is 0.249. The molecule has 1 aromatic rings. The van der Waals surface area contributed by atoms with Crippen LogP contribution in [-0.2, 0) is 6.42 Å². The third-order valence-electron chi connectivity index (χ3n) is 4.17. The molecule has 2 rings (SSSR count). The number of halogens is 2. The summed E-state index contributed by atoms with van der Waals surface area (Å²) in [5.74, 6) is -0.102. The molecular formula is C15H21BrFN. The number of rotatable bonds is 3. The smallest absolute Gasteiger partial charge is 0.126 e. The summed E-state index contributed by atoms with van der Waals surface area (Å²) < 4.78 is 14.8. The Morgan fingerprint density at radius 3 is 2.44 bits per heavy atom. The minimum atomic E-state index is -0.102. The van der Waals surface area contributed by atoms with Crippen molar-refractivity contribution in [3.63, 3.8) is 0 Å². The van der Waals surface area contributed by atoms with Crippen LogP contribution in [0.2, 0.25) is 0 Å². The first kappa shape index (κ1) is 14.0. The second kappa shape index (κ2) is 6.16. The molecule has 1 aliphatic carbocycles. The molecular weight excluding hydrogens is 293 g/mol. The topological polar surface area (TPSA) is 26.0 Å². The fourth-order valence-corrected chi connectivity index (χ4v) is 3.42. The van der Waals surface area contributed by atoms with E-state index in [1.54, 1.807) is 12.1 Å². The number of benzene rings is 1. The summed E-state index contributed by atoms with van der Waals surface area (Å²) in [5, 5.41) is 0. The van der Waals surface area contributed by atoms with Crippen molar-refractivity contribution in [2.24, 2.45) is 11.1 Å². The molecule has 0 aromatic heterocycles. The van der Waals surface area contributed by atoms with E-state index >= 15 is 0 Å². The van der Waals surface area contributed by atoms with Gasteiger partial charge in [0.2, 0.25) is 0 Å². The number of nitrogens with two attached hydrogens (primary N) is 1. The zero-order valence-electron chi connectivity index (χ0n) is 10.7.